The molecule has 0 saturated carbocycles. The minimum absolute atomic E-state index is 0.00327. The first-order chi connectivity index (χ1) is 22.2. The van der Waals surface area contributed by atoms with Crippen molar-refractivity contribution in [3.63, 3.8) is 0 Å². The SMILES string of the molecule is COC(=O)/C(=C(/C(=O)OC)[n+]1ccc(/C=C/c2ccccc2[N+](=O)[O-])c2ccccc21)C1c2cc(Br)ccc2-c2ccc(Br)cc21. The predicted molar refractivity (Wildman–Crippen MR) is 183 cm³/mol. The molecule has 0 radical (unpaired) electrons. The maximum absolute atomic E-state index is 13.9. The Labute approximate surface area is 281 Å². The van der Waals surface area contributed by atoms with Crippen LogP contribution in [0.4, 0.5) is 5.69 Å². The van der Waals surface area contributed by atoms with Gasteiger partial charge in [0.1, 0.15) is 5.57 Å². The molecule has 46 heavy (non-hydrogen) atoms. The van der Waals surface area contributed by atoms with E-state index in [2.05, 4.69) is 31.9 Å². The molecule has 10 heteroatoms. The summed E-state index contributed by atoms with van der Waals surface area (Å²) in [5, 5.41) is 12.3. The second-order valence-corrected chi connectivity index (χ2v) is 12.3. The van der Waals surface area contributed by atoms with E-state index >= 15 is 0 Å². The minimum atomic E-state index is -0.723. The molecule has 6 rings (SSSR count). The highest BCUT2D eigenvalue weighted by Gasteiger charge is 2.43. The first kappa shape index (κ1) is 31.1. The maximum atomic E-state index is 13.9. The van der Waals surface area contributed by atoms with E-state index in [1.807, 2.05) is 60.7 Å². The number of methoxy groups -OCH3 is 2. The summed E-state index contributed by atoms with van der Waals surface area (Å²) in [5.41, 5.74) is 5.45. The molecule has 228 valence electrons. The molecule has 0 unspecified atom stereocenters. The van der Waals surface area contributed by atoms with E-state index in [0.717, 1.165) is 42.1 Å². The Balaban J connectivity index is 1.63. The van der Waals surface area contributed by atoms with Gasteiger partial charge in [-0.15, -0.1) is 0 Å². The first-order valence-electron chi connectivity index (χ1n) is 14.1. The number of fused-ring (bicyclic) bond motifs is 4. The van der Waals surface area contributed by atoms with Crippen LogP contribution in [0.15, 0.2) is 112 Å². The van der Waals surface area contributed by atoms with Crippen molar-refractivity contribution in [2.75, 3.05) is 14.2 Å². The molecule has 0 amide bonds. The number of carbonyl (C=O) groups is 2. The molecule has 1 heterocycles. The van der Waals surface area contributed by atoms with Gasteiger partial charge in [0.2, 0.25) is 5.52 Å². The number of pyridine rings is 1. The third-order valence-corrected chi connectivity index (χ3v) is 8.95. The van der Waals surface area contributed by atoms with Crippen LogP contribution in [0.2, 0.25) is 0 Å². The third-order valence-electron chi connectivity index (χ3n) is 7.96. The maximum Gasteiger partial charge on any atom is 0.404 e. The Morgan fingerprint density at radius 3 is 2.00 bits per heavy atom. The second kappa shape index (κ2) is 12.8. The van der Waals surface area contributed by atoms with Gasteiger partial charge in [-0.3, -0.25) is 10.1 Å². The van der Waals surface area contributed by atoms with Gasteiger partial charge in [0.25, 0.3) is 5.69 Å². The van der Waals surface area contributed by atoms with Crippen molar-refractivity contribution in [2.45, 2.75) is 5.92 Å². The highest BCUT2D eigenvalue weighted by Crippen LogP contribution is 2.50. The number of benzene rings is 4. The summed E-state index contributed by atoms with van der Waals surface area (Å²) in [6.07, 6.45) is 5.16. The Morgan fingerprint density at radius 2 is 1.37 bits per heavy atom. The number of nitrogens with zero attached hydrogens (tertiary/aromatic N) is 2. The van der Waals surface area contributed by atoms with Crippen molar-refractivity contribution in [1.29, 1.82) is 0 Å². The fourth-order valence-corrected chi connectivity index (χ4v) is 6.73. The third kappa shape index (κ3) is 5.54. The number of aromatic nitrogens is 1. The van der Waals surface area contributed by atoms with Crippen LogP contribution in [0, 0.1) is 10.1 Å². The zero-order valence-corrected chi connectivity index (χ0v) is 27.7. The summed E-state index contributed by atoms with van der Waals surface area (Å²) in [4.78, 5) is 38.9. The van der Waals surface area contributed by atoms with Crippen molar-refractivity contribution in [3.05, 3.63) is 144 Å². The van der Waals surface area contributed by atoms with Crippen molar-refractivity contribution >= 4 is 78.2 Å². The summed E-state index contributed by atoms with van der Waals surface area (Å²) in [6.45, 7) is 0. The molecule has 0 N–H and O–H groups in total. The Kier molecular flexibility index (Phi) is 8.66. The van der Waals surface area contributed by atoms with Crippen LogP contribution in [-0.2, 0) is 19.1 Å². The lowest BCUT2D eigenvalue weighted by molar-refractivity contribution is -0.550. The zero-order valence-electron chi connectivity index (χ0n) is 24.6. The number of carbonyl (C=O) groups excluding carboxylic acids is 2. The number of hydrogen-bond acceptors (Lipinski definition) is 6. The number of halogens is 2. The average Bonchev–Trinajstić information content (AvgIpc) is 3.37. The fraction of sp³-hybridized carbons (Fsp3) is 0.0833. The smallest absolute Gasteiger partial charge is 0.404 e. The van der Waals surface area contributed by atoms with Crippen molar-refractivity contribution in [1.82, 2.24) is 0 Å². The van der Waals surface area contributed by atoms with Crippen LogP contribution in [0.3, 0.4) is 0 Å². The van der Waals surface area contributed by atoms with Gasteiger partial charge in [0.15, 0.2) is 6.20 Å². The van der Waals surface area contributed by atoms with Crippen LogP contribution >= 0.6 is 31.9 Å². The lowest BCUT2D eigenvalue weighted by atomic mass is 9.87. The van der Waals surface area contributed by atoms with Gasteiger partial charge in [-0.25, -0.2) is 9.59 Å². The molecular weight excluding hydrogens is 716 g/mol. The summed E-state index contributed by atoms with van der Waals surface area (Å²) >= 11 is 7.16. The van der Waals surface area contributed by atoms with E-state index in [1.54, 1.807) is 47.2 Å². The Bertz CT molecular complexity index is 2090. The number of hydrogen-bond donors (Lipinski definition) is 0. The van der Waals surface area contributed by atoms with E-state index in [9.17, 15) is 19.7 Å². The molecule has 0 bridgehead atoms. The van der Waals surface area contributed by atoms with E-state index in [1.165, 1.54) is 20.3 Å². The molecule has 5 aromatic rings. The molecular formula is C36H25Br2N2O6+. The van der Waals surface area contributed by atoms with E-state index in [-0.39, 0.29) is 17.0 Å². The summed E-state index contributed by atoms with van der Waals surface area (Å²) in [6, 6.07) is 27.4. The fourth-order valence-electron chi connectivity index (χ4n) is 5.98. The molecule has 8 nitrogen and oxygen atoms in total. The van der Waals surface area contributed by atoms with Crippen molar-refractivity contribution < 1.29 is 28.6 Å². The molecule has 1 aromatic heterocycles. The lowest BCUT2D eigenvalue weighted by Crippen LogP contribution is -2.40. The summed E-state index contributed by atoms with van der Waals surface area (Å²) in [5.74, 6) is -2.06. The van der Waals surface area contributed by atoms with Crippen LogP contribution in [0.25, 0.3) is 39.9 Å². The molecule has 0 saturated heterocycles. The first-order valence-corrected chi connectivity index (χ1v) is 15.7. The predicted octanol–water partition coefficient (Wildman–Crippen LogP) is 8.10. The lowest BCUT2D eigenvalue weighted by Gasteiger charge is -2.18. The van der Waals surface area contributed by atoms with Gasteiger partial charge in [0, 0.05) is 33.1 Å². The number of rotatable bonds is 7. The standard InChI is InChI=1S/C36H25Br2N2O6/c1-45-35(41)33(32-28-19-23(37)13-15-26(28)27-16-14-24(38)20-29(27)32)34(36(42)46-2)39-18-17-21(25-8-4-6-10-31(25)39)11-12-22-7-3-5-9-30(22)40(43)44/h3-20,32H,1-2H3/q+1/b12-11+,34-33-. The molecule has 0 fully saturated rings. The molecule has 1 aliphatic rings. The van der Waals surface area contributed by atoms with Crippen molar-refractivity contribution in [2.24, 2.45) is 0 Å². The molecule has 1 aliphatic carbocycles. The number of ether oxygens (including phenoxy) is 2. The zero-order chi connectivity index (χ0) is 32.5. The number of para-hydroxylation sites is 2. The van der Waals surface area contributed by atoms with Crippen LogP contribution < -0.4 is 4.57 Å². The van der Waals surface area contributed by atoms with Gasteiger partial charge in [-0.05, 0) is 70.3 Å². The minimum Gasteiger partial charge on any atom is -0.465 e. The van der Waals surface area contributed by atoms with Crippen LogP contribution in [-0.4, -0.2) is 31.1 Å². The van der Waals surface area contributed by atoms with Gasteiger partial charge >= 0.3 is 17.6 Å². The topological polar surface area (TPSA) is 99.6 Å². The van der Waals surface area contributed by atoms with E-state index < -0.39 is 22.8 Å². The van der Waals surface area contributed by atoms with Gasteiger partial charge in [-0.2, -0.15) is 4.57 Å². The van der Waals surface area contributed by atoms with Gasteiger partial charge in [0.05, 0.1) is 30.1 Å². The van der Waals surface area contributed by atoms with Gasteiger partial charge < -0.3 is 9.47 Å². The monoisotopic (exact) mass is 739 g/mol. The molecule has 4 aromatic carbocycles. The number of esters is 2. The number of nitro groups is 1. The van der Waals surface area contributed by atoms with Gasteiger partial charge in [-0.1, -0.05) is 74.3 Å². The molecule has 0 aliphatic heterocycles. The van der Waals surface area contributed by atoms with Crippen LogP contribution in [0.5, 0.6) is 0 Å². The normalized spacial score (nSPS) is 12.9. The van der Waals surface area contributed by atoms with Crippen molar-refractivity contribution in [3.8, 4) is 11.1 Å². The second-order valence-electron chi connectivity index (χ2n) is 10.4. The quantitative estimate of drug-likeness (QED) is 0.0550. The van der Waals surface area contributed by atoms with E-state index in [0.29, 0.717) is 11.1 Å². The highest BCUT2D eigenvalue weighted by molar-refractivity contribution is 9.10. The van der Waals surface area contributed by atoms with Crippen LogP contribution in [0.1, 0.15) is 28.2 Å². The largest absolute Gasteiger partial charge is 0.465 e. The summed E-state index contributed by atoms with van der Waals surface area (Å²) in [7, 11) is 2.56. The Morgan fingerprint density at radius 1 is 0.783 bits per heavy atom. The molecule has 0 atom stereocenters. The molecule has 0 spiro atoms. The highest BCUT2D eigenvalue weighted by atomic mass is 79.9. The van der Waals surface area contributed by atoms with E-state index in [4.69, 9.17) is 9.47 Å². The average molecular weight is 741 g/mol. The summed E-state index contributed by atoms with van der Waals surface area (Å²) < 4.78 is 14.0. The number of nitro benzene ring substituents is 1. The Hall–Kier alpha value is -4.93.